The standard InChI is InChI=1S/C26H33N9O2S/c1-26(2,3)33-38(36,37)21-7-5-6-19(16-21)28-23-22-17-27-32-24(22)31-25(30-23)29-18-8-10-20(11-9-18)35-14-12-34(4)13-15-35/h5-11,16-17,33H,12-15H2,1-4H3,(H3,27,28,29,30,31,32). The first-order valence-electron chi connectivity index (χ1n) is 12.5. The number of aromatic nitrogens is 4. The van der Waals surface area contributed by atoms with Crippen molar-refractivity contribution in [1.29, 1.82) is 0 Å². The summed E-state index contributed by atoms with van der Waals surface area (Å²) >= 11 is 0. The van der Waals surface area contributed by atoms with Crippen molar-refractivity contribution < 1.29 is 8.42 Å². The van der Waals surface area contributed by atoms with Crippen LogP contribution in [0.4, 0.5) is 28.8 Å². The number of benzene rings is 2. The normalized spacial score (nSPS) is 15.1. The number of piperazine rings is 1. The zero-order valence-electron chi connectivity index (χ0n) is 22.0. The van der Waals surface area contributed by atoms with Crippen molar-refractivity contribution in [2.24, 2.45) is 0 Å². The Morgan fingerprint density at radius 3 is 2.37 bits per heavy atom. The van der Waals surface area contributed by atoms with Gasteiger partial charge in [-0.25, -0.2) is 13.1 Å². The van der Waals surface area contributed by atoms with Gasteiger partial charge in [-0.15, -0.1) is 0 Å². The quantitative estimate of drug-likeness (QED) is 0.280. The molecule has 0 radical (unpaired) electrons. The van der Waals surface area contributed by atoms with Gasteiger partial charge in [0.1, 0.15) is 5.82 Å². The molecule has 4 N–H and O–H groups in total. The van der Waals surface area contributed by atoms with E-state index in [1.54, 1.807) is 51.2 Å². The Balaban J connectivity index is 1.36. The van der Waals surface area contributed by atoms with Gasteiger partial charge in [0.25, 0.3) is 0 Å². The molecule has 0 spiro atoms. The number of rotatable bonds is 7. The van der Waals surface area contributed by atoms with Gasteiger partial charge in [0.15, 0.2) is 5.65 Å². The average molecular weight is 536 g/mol. The number of fused-ring (bicyclic) bond motifs is 1. The summed E-state index contributed by atoms with van der Waals surface area (Å²) < 4.78 is 28.3. The zero-order valence-corrected chi connectivity index (χ0v) is 22.8. The molecule has 4 aromatic rings. The molecule has 1 saturated heterocycles. The van der Waals surface area contributed by atoms with Crippen LogP contribution in [0.2, 0.25) is 0 Å². The van der Waals surface area contributed by atoms with Gasteiger partial charge in [-0.1, -0.05) is 6.07 Å². The first-order valence-corrected chi connectivity index (χ1v) is 14.0. The van der Waals surface area contributed by atoms with Gasteiger partial charge in [0.05, 0.1) is 16.5 Å². The molecule has 11 nitrogen and oxygen atoms in total. The number of sulfonamides is 1. The molecule has 0 unspecified atom stereocenters. The van der Waals surface area contributed by atoms with Crippen molar-refractivity contribution in [2.75, 3.05) is 48.8 Å². The molecule has 2 aromatic carbocycles. The Bertz CT molecular complexity index is 1520. The van der Waals surface area contributed by atoms with Crippen molar-refractivity contribution in [3.63, 3.8) is 0 Å². The summed E-state index contributed by atoms with van der Waals surface area (Å²) in [5, 5.41) is 14.2. The monoisotopic (exact) mass is 535 g/mol. The number of hydrogen-bond donors (Lipinski definition) is 4. The third kappa shape index (κ3) is 6.04. The molecule has 3 heterocycles. The Morgan fingerprint density at radius 2 is 1.66 bits per heavy atom. The summed E-state index contributed by atoms with van der Waals surface area (Å²) in [7, 11) is -1.54. The molecule has 0 atom stereocenters. The summed E-state index contributed by atoms with van der Waals surface area (Å²) in [5.41, 5.74) is 2.57. The summed E-state index contributed by atoms with van der Waals surface area (Å²) in [4.78, 5) is 14.1. The molecule has 38 heavy (non-hydrogen) atoms. The fourth-order valence-electron chi connectivity index (χ4n) is 4.28. The SMILES string of the molecule is CN1CCN(c2ccc(Nc3nc(Nc4cccc(S(=O)(=O)NC(C)(C)C)c4)c4cn[nH]c4n3)cc2)CC1. The highest BCUT2D eigenvalue weighted by molar-refractivity contribution is 7.89. The lowest BCUT2D eigenvalue weighted by molar-refractivity contribution is 0.313. The third-order valence-electron chi connectivity index (χ3n) is 6.15. The molecule has 1 aliphatic heterocycles. The maximum atomic E-state index is 12.8. The van der Waals surface area contributed by atoms with Crippen LogP contribution in [0.5, 0.6) is 0 Å². The van der Waals surface area contributed by atoms with Crippen molar-refractivity contribution in [2.45, 2.75) is 31.2 Å². The van der Waals surface area contributed by atoms with Crippen molar-refractivity contribution in [3.05, 3.63) is 54.7 Å². The van der Waals surface area contributed by atoms with E-state index < -0.39 is 15.6 Å². The van der Waals surface area contributed by atoms with Gasteiger partial charge in [-0.2, -0.15) is 15.1 Å². The van der Waals surface area contributed by atoms with E-state index in [-0.39, 0.29) is 4.90 Å². The van der Waals surface area contributed by atoms with Crippen LogP contribution in [-0.2, 0) is 10.0 Å². The largest absolute Gasteiger partial charge is 0.369 e. The van der Waals surface area contributed by atoms with Crippen LogP contribution in [0.1, 0.15) is 20.8 Å². The summed E-state index contributed by atoms with van der Waals surface area (Å²) in [5.74, 6) is 0.883. The molecule has 5 rings (SSSR count). The highest BCUT2D eigenvalue weighted by atomic mass is 32.2. The van der Waals surface area contributed by atoms with E-state index in [4.69, 9.17) is 0 Å². The molecule has 0 amide bonds. The smallest absolute Gasteiger partial charge is 0.241 e. The number of anilines is 5. The van der Waals surface area contributed by atoms with Crippen LogP contribution < -0.4 is 20.3 Å². The minimum Gasteiger partial charge on any atom is -0.369 e. The third-order valence-corrected chi connectivity index (χ3v) is 7.90. The molecule has 0 saturated carbocycles. The zero-order chi connectivity index (χ0) is 26.9. The molecule has 12 heteroatoms. The second kappa shape index (κ2) is 10.2. The van der Waals surface area contributed by atoms with Gasteiger partial charge in [-0.05, 0) is 70.3 Å². The van der Waals surface area contributed by atoms with E-state index in [0.717, 1.165) is 31.9 Å². The number of aromatic amines is 1. The first-order chi connectivity index (χ1) is 18.1. The molecule has 1 fully saturated rings. The number of hydrogen-bond acceptors (Lipinski definition) is 9. The Morgan fingerprint density at radius 1 is 0.921 bits per heavy atom. The fourth-order valence-corrected chi connectivity index (χ4v) is 5.74. The van der Waals surface area contributed by atoms with E-state index in [1.807, 2.05) is 12.1 Å². The second-order valence-corrected chi connectivity index (χ2v) is 12.2. The van der Waals surface area contributed by atoms with Crippen molar-refractivity contribution in [1.82, 2.24) is 29.8 Å². The lowest BCUT2D eigenvalue weighted by Crippen LogP contribution is -2.44. The van der Waals surface area contributed by atoms with Crippen LogP contribution >= 0.6 is 0 Å². The summed E-state index contributed by atoms with van der Waals surface area (Å²) in [6.45, 7) is 9.53. The number of nitrogens with one attached hydrogen (secondary N) is 4. The van der Waals surface area contributed by atoms with E-state index in [2.05, 4.69) is 64.5 Å². The first kappa shape index (κ1) is 25.9. The van der Waals surface area contributed by atoms with Crippen LogP contribution in [0.25, 0.3) is 11.0 Å². The Labute approximate surface area is 222 Å². The van der Waals surface area contributed by atoms with Crippen molar-refractivity contribution >= 4 is 49.9 Å². The van der Waals surface area contributed by atoms with Gasteiger partial charge >= 0.3 is 0 Å². The van der Waals surface area contributed by atoms with E-state index >= 15 is 0 Å². The van der Waals surface area contributed by atoms with Gasteiger partial charge in [-0.3, -0.25) is 5.10 Å². The van der Waals surface area contributed by atoms with Crippen LogP contribution in [0.3, 0.4) is 0 Å². The average Bonchev–Trinajstić information content (AvgIpc) is 3.33. The predicted octanol–water partition coefficient (Wildman–Crippen LogP) is 3.67. The Hall–Kier alpha value is -3.74. The van der Waals surface area contributed by atoms with E-state index in [0.29, 0.717) is 28.5 Å². The van der Waals surface area contributed by atoms with Gasteiger partial charge in [0.2, 0.25) is 16.0 Å². The molecular formula is C26H33N9O2S. The molecule has 0 bridgehead atoms. The van der Waals surface area contributed by atoms with Gasteiger partial charge in [0, 0.05) is 48.8 Å². The van der Waals surface area contributed by atoms with Crippen LogP contribution in [-0.4, -0.2) is 72.2 Å². The van der Waals surface area contributed by atoms with E-state index in [9.17, 15) is 8.42 Å². The maximum Gasteiger partial charge on any atom is 0.241 e. The molecule has 2 aromatic heterocycles. The number of H-pyrrole nitrogens is 1. The minimum atomic E-state index is -3.69. The van der Waals surface area contributed by atoms with Crippen LogP contribution in [0.15, 0.2) is 59.6 Å². The summed E-state index contributed by atoms with van der Waals surface area (Å²) in [6, 6.07) is 14.8. The highest BCUT2D eigenvalue weighted by Gasteiger charge is 2.22. The number of likely N-dealkylation sites (N-methyl/N-ethyl adjacent to an activating group) is 1. The fraction of sp³-hybridized carbons (Fsp3) is 0.346. The lowest BCUT2D eigenvalue weighted by atomic mass is 10.1. The van der Waals surface area contributed by atoms with E-state index in [1.165, 1.54) is 5.69 Å². The molecule has 200 valence electrons. The second-order valence-electron chi connectivity index (χ2n) is 10.5. The minimum absolute atomic E-state index is 0.161. The van der Waals surface area contributed by atoms with Gasteiger partial charge < -0.3 is 20.4 Å². The topological polar surface area (TPSA) is 131 Å². The molecule has 1 aliphatic rings. The highest BCUT2D eigenvalue weighted by Crippen LogP contribution is 2.27. The summed E-state index contributed by atoms with van der Waals surface area (Å²) in [6.07, 6.45) is 1.63. The number of nitrogens with zero attached hydrogens (tertiary/aromatic N) is 5. The molecular weight excluding hydrogens is 502 g/mol. The predicted molar refractivity (Wildman–Crippen MR) is 151 cm³/mol. The maximum absolute atomic E-state index is 12.8. The Kier molecular flexibility index (Phi) is 6.95. The molecule has 0 aliphatic carbocycles. The van der Waals surface area contributed by atoms with Crippen molar-refractivity contribution in [3.8, 4) is 0 Å². The lowest BCUT2D eigenvalue weighted by Gasteiger charge is -2.34. The van der Waals surface area contributed by atoms with Crippen LogP contribution in [0, 0.1) is 0 Å².